The third kappa shape index (κ3) is 3.99. The summed E-state index contributed by atoms with van der Waals surface area (Å²) in [6, 6.07) is 15.3. The summed E-state index contributed by atoms with van der Waals surface area (Å²) in [6.45, 7) is 2.63. The molecule has 0 bridgehead atoms. The van der Waals surface area contributed by atoms with Crippen molar-refractivity contribution in [1.82, 2.24) is 4.90 Å². The van der Waals surface area contributed by atoms with E-state index in [1.54, 1.807) is 11.0 Å². The number of rotatable bonds is 5. The third-order valence-electron chi connectivity index (χ3n) is 5.21. The van der Waals surface area contributed by atoms with Crippen LogP contribution in [0.1, 0.15) is 24.2 Å². The molecule has 2 aromatic carbocycles. The Bertz CT molecular complexity index is 899. The van der Waals surface area contributed by atoms with Gasteiger partial charge in [-0.25, -0.2) is 9.59 Å². The second-order valence-electron chi connectivity index (χ2n) is 7.21. The lowest BCUT2D eigenvalue weighted by molar-refractivity contribution is -0.151. The van der Waals surface area contributed by atoms with Crippen LogP contribution in [0.3, 0.4) is 0 Å². The van der Waals surface area contributed by atoms with E-state index in [0.29, 0.717) is 24.5 Å². The van der Waals surface area contributed by atoms with Gasteiger partial charge in [0.25, 0.3) is 0 Å². The molecule has 2 aromatic rings. The summed E-state index contributed by atoms with van der Waals surface area (Å²) < 4.78 is 21.6. The fourth-order valence-electron chi connectivity index (χ4n) is 3.62. The molecule has 152 valence electrons. The van der Waals surface area contributed by atoms with Gasteiger partial charge in [-0.05, 0) is 36.6 Å². The molecular formula is C22H23NO6. The Morgan fingerprint density at radius 1 is 1.17 bits per heavy atom. The van der Waals surface area contributed by atoms with Gasteiger partial charge in [0.2, 0.25) is 6.10 Å². The standard InChI is InChI=1S/C22H23NO6/c1-14(23-12-19(29-22(23)25)16-6-4-3-5-7-16)10-15-8-9-17-18(11-15)27-13-20(28-17)21(24)26-2/h3-9,11,14,19-20H,10,12-13H2,1-2H3. The molecule has 0 spiro atoms. The van der Waals surface area contributed by atoms with E-state index in [2.05, 4.69) is 0 Å². The second-order valence-corrected chi connectivity index (χ2v) is 7.21. The molecule has 0 aliphatic carbocycles. The van der Waals surface area contributed by atoms with Crippen molar-refractivity contribution in [1.29, 1.82) is 0 Å². The topological polar surface area (TPSA) is 74.3 Å². The van der Waals surface area contributed by atoms with Crippen molar-refractivity contribution >= 4 is 12.1 Å². The number of benzene rings is 2. The highest BCUT2D eigenvalue weighted by molar-refractivity contribution is 5.75. The van der Waals surface area contributed by atoms with Crippen molar-refractivity contribution in [3.63, 3.8) is 0 Å². The molecule has 1 saturated heterocycles. The Kier molecular flexibility index (Phi) is 5.29. The highest BCUT2D eigenvalue weighted by Gasteiger charge is 2.35. The van der Waals surface area contributed by atoms with E-state index < -0.39 is 12.1 Å². The molecule has 0 radical (unpaired) electrons. The summed E-state index contributed by atoms with van der Waals surface area (Å²) in [4.78, 5) is 25.7. The van der Waals surface area contributed by atoms with E-state index in [9.17, 15) is 9.59 Å². The number of fused-ring (bicyclic) bond motifs is 1. The van der Waals surface area contributed by atoms with Gasteiger partial charge < -0.3 is 23.8 Å². The molecule has 1 amide bonds. The van der Waals surface area contributed by atoms with Gasteiger partial charge in [-0.3, -0.25) is 0 Å². The van der Waals surface area contributed by atoms with Crippen LogP contribution in [-0.4, -0.2) is 49.4 Å². The first-order chi connectivity index (χ1) is 14.0. The number of carbonyl (C=O) groups is 2. The predicted octanol–water partition coefficient (Wildman–Crippen LogP) is 3.12. The summed E-state index contributed by atoms with van der Waals surface area (Å²) >= 11 is 0. The van der Waals surface area contributed by atoms with Crippen LogP contribution in [0.25, 0.3) is 0 Å². The van der Waals surface area contributed by atoms with Gasteiger partial charge >= 0.3 is 12.1 Å². The van der Waals surface area contributed by atoms with Crippen LogP contribution in [0.5, 0.6) is 11.5 Å². The van der Waals surface area contributed by atoms with Gasteiger partial charge in [-0.15, -0.1) is 0 Å². The molecule has 2 heterocycles. The third-order valence-corrected chi connectivity index (χ3v) is 5.21. The molecule has 3 unspecified atom stereocenters. The minimum atomic E-state index is -0.758. The fourth-order valence-corrected chi connectivity index (χ4v) is 3.62. The SMILES string of the molecule is COC(=O)C1COc2cc(CC(C)N3CC(c4ccccc4)OC3=O)ccc2O1. The summed E-state index contributed by atoms with van der Waals surface area (Å²) in [5.74, 6) is 0.627. The number of cyclic esters (lactones) is 1. The van der Waals surface area contributed by atoms with Crippen molar-refractivity contribution in [3.05, 3.63) is 59.7 Å². The lowest BCUT2D eigenvalue weighted by Crippen LogP contribution is -2.37. The molecule has 1 fully saturated rings. The Morgan fingerprint density at radius 3 is 2.72 bits per heavy atom. The maximum atomic E-state index is 12.4. The van der Waals surface area contributed by atoms with Gasteiger partial charge in [-0.2, -0.15) is 0 Å². The first-order valence-corrected chi connectivity index (χ1v) is 9.57. The highest BCUT2D eigenvalue weighted by Crippen LogP contribution is 2.34. The molecule has 2 aliphatic heterocycles. The van der Waals surface area contributed by atoms with Crippen LogP contribution >= 0.6 is 0 Å². The van der Waals surface area contributed by atoms with E-state index in [-0.39, 0.29) is 24.8 Å². The molecular weight excluding hydrogens is 374 g/mol. The number of methoxy groups -OCH3 is 1. The first kappa shape index (κ1) is 19.1. The lowest BCUT2D eigenvalue weighted by atomic mass is 10.0. The summed E-state index contributed by atoms with van der Waals surface area (Å²) in [7, 11) is 1.32. The van der Waals surface area contributed by atoms with Gasteiger partial charge in [0.1, 0.15) is 12.7 Å². The molecule has 0 aromatic heterocycles. The van der Waals surface area contributed by atoms with Crippen LogP contribution in [0.4, 0.5) is 4.79 Å². The van der Waals surface area contributed by atoms with Crippen molar-refractivity contribution in [3.8, 4) is 11.5 Å². The molecule has 0 N–H and O–H groups in total. The van der Waals surface area contributed by atoms with Crippen LogP contribution in [0, 0.1) is 0 Å². The van der Waals surface area contributed by atoms with E-state index >= 15 is 0 Å². The summed E-state index contributed by atoms with van der Waals surface area (Å²) in [6.07, 6.45) is -0.661. The molecule has 7 nitrogen and oxygen atoms in total. The zero-order valence-corrected chi connectivity index (χ0v) is 16.4. The van der Waals surface area contributed by atoms with Crippen molar-refractivity contribution in [2.24, 2.45) is 0 Å². The number of amides is 1. The number of ether oxygens (including phenoxy) is 4. The van der Waals surface area contributed by atoms with Gasteiger partial charge in [-0.1, -0.05) is 36.4 Å². The molecule has 29 heavy (non-hydrogen) atoms. The Balaban J connectivity index is 1.41. The highest BCUT2D eigenvalue weighted by atomic mass is 16.6. The Morgan fingerprint density at radius 2 is 1.97 bits per heavy atom. The van der Waals surface area contributed by atoms with Gasteiger partial charge in [0.15, 0.2) is 11.5 Å². The normalized spacial score (nSPS) is 21.4. The number of hydrogen-bond donors (Lipinski definition) is 0. The van der Waals surface area contributed by atoms with E-state index in [4.69, 9.17) is 18.9 Å². The predicted molar refractivity (Wildman–Crippen MR) is 104 cm³/mol. The molecule has 4 rings (SSSR count). The maximum Gasteiger partial charge on any atom is 0.410 e. The van der Waals surface area contributed by atoms with Crippen molar-refractivity contribution in [2.45, 2.75) is 31.6 Å². The van der Waals surface area contributed by atoms with Gasteiger partial charge in [0, 0.05) is 6.04 Å². The quantitative estimate of drug-likeness (QED) is 0.722. The number of hydrogen-bond acceptors (Lipinski definition) is 6. The Labute approximate surface area is 169 Å². The first-order valence-electron chi connectivity index (χ1n) is 9.57. The van der Waals surface area contributed by atoms with Crippen molar-refractivity contribution < 1.29 is 28.5 Å². The fraction of sp³-hybridized carbons (Fsp3) is 0.364. The molecule has 3 atom stereocenters. The Hall–Kier alpha value is -3.22. The smallest absolute Gasteiger partial charge is 0.410 e. The number of carbonyl (C=O) groups excluding carboxylic acids is 2. The monoisotopic (exact) mass is 397 g/mol. The van der Waals surface area contributed by atoms with Crippen molar-refractivity contribution in [2.75, 3.05) is 20.3 Å². The molecule has 2 aliphatic rings. The van der Waals surface area contributed by atoms with E-state index in [1.165, 1.54) is 7.11 Å². The summed E-state index contributed by atoms with van der Waals surface area (Å²) in [5, 5.41) is 0. The van der Waals surface area contributed by atoms with Crippen LogP contribution in [-0.2, 0) is 20.7 Å². The second kappa shape index (κ2) is 8.03. The summed E-state index contributed by atoms with van der Waals surface area (Å²) in [5.41, 5.74) is 2.00. The maximum absolute atomic E-state index is 12.4. The zero-order valence-electron chi connectivity index (χ0n) is 16.4. The van der Waals surface area contributed by atoms with Crippen LogP contribution in [0.2, 0.25) is 0 Å². The largest absolute Gasteiger partial charge is 0.485 e. The van der Waals surface area contributed by atoms with E-state index in [1.807, 2.05) is 49.4 Å². The van der Waals surface area contributed by atoms with E-state index in [0.717, 1.165) is 11.1 Å². The minimum absolute atomic E-state index is 0.0402. The molecule has 0 saturated carbocycles. The van der Waals surface area contributed by atoms with Crippen LogP contribution in [0.15, 0.2) is 48.5 Å². The molecule has 7 heteroatoms. The number of esters is 1. The average Bonchev–Trinajstić information content (AvgIpc) is 3.15. The number of nitrogens with zero attached hydrogens (tertiary/aromatic N) is 1. The lowest BCUT2D eigenvalue weighted by Gasteiger charge is -2.26. The van der Waals surface area contributed by atoms with Crippen LogP contribution < -0.4 is 9.47 Å². The zero-order chi connectivity index (χ0) is 20.4. The average molecular weight is 397 g/mol. The van der Waals surface area contributed by atoms with Gasteiger partial charge in [0.05, 0.1) is 13.7 Å². The minimum Gasteiger partial charge on any atom is -0.485 e.